The maximum absolute atomic E-state index is 6.85. The van der Waals surface area contributed by atoms with E-state index in [0.29, 0.717) is 12.4 Å². The summed E-state index contributed by atoms with van der Waals surface area (Å²) in [5.74, 6) is 0.498. The highest BCUT2D eigenvalue weighted by atomic mass is 32.1. The lowest BCUT2D eigenvalue weighted by molar-refractivity contribution is 0.550. The number of nitrogens with one attached hydrogen (secondary N) is 1. The Hall–Kier alpha value is -5.79. The summed E-state index contributed by atoms with van der Waals surface area (Å²) in [7, 11) is 0. The van der Waals surface area contributed by atoms with E-state index in [-0.39, 0.29) is 6.17 Å². The number of hydrogen-bond donors (Lipinski definition) is 2. The van der Waals surface area contributed by atoms with Crippen LogP contribution in [0.4, 0.5) is 0 Å². The molecule has 3 N–H and O–H groups in total. The van der Waals surface area contributed by atoms with Gasteiger partial charge in [0.05, 0.1) is 0 Å². The number of rotatable bonds is 7. The number of fused-ring (bicyclic) bond motifs is 9. The topological polar surface area (TPSA) is 63.5 Å². The van der Waals surface area contributed by atoms with E-state index in [1.807, 2.05) is 29.5 Å². The molecule has 3 heterocycles. The lowest BCUT2D eigenvalue weighted by atomic mass is 10.00. The highest BCUT2D eigenvalue weighted by Crippen LogP contribution is 2.43. The largest absolute Gasteiger partial charge is 0.455 e. The molecule has 0 spiro atoms. The van der Waals surface area contributed by atoms with E-state index >= 15 is 0 Å². The Labute approximate surface area is 302 Å². The second-order valence-electron chi connectivity index (χ2n) is 12.9. The highest BCUT2D eigenvalue weighted by molar-refractivity contribution is 7.26. The number of amidine groups is 1. The van der Waals surface area contributed by atoms with E-state index in [1.54, 1.807) is 11.3 Å². The first-order valence-corrected chi connectivity index (χ1v) is 18.7. The minimum atomic E-state index is -0.356. The third kappa shape index (κ3) is 5.11. The van der Waals surface area contributed by atoms with Gasteiger partial charge < -0.3 is 10.2 Å². The quantitative estimate of drug-likeness (QED) is 0.129. The molecule has 10 aromatic rings. The first-order chi connectivity index (χ1) is 25.2. The van der Waals surface area contributed by atoms with Crippen LogP contribution in [-0.2, 0) is 6.54 Å². The Kier molecular flexibility index (Phi) is 7.20. The summed E-state index contributed by atoms with van der Waals surface area (Å²) in [6.45, 7) is 0.546. The minimum Gasteiger partial charge on any atom is -0.455 e. The summed E-state index contributed by atoms with van der Waals surface area (Å²) in [4.78, 5) is 5.07. The molecule has 0 radical (unpaired) electrons. The van der Waals surface area contributed by atoms with Crippen molar-refractivity contribution in [2.75, 3.05) is 0 Å². The average Bonchev–Trinajstić information content (AvgIpc) is 3.88. The van der Waals surface area contributed by atoms with Crippen molar-refractivity contribution in [2.45, 2.75) is 12.7 Å². The number of nitrogens with two attached hydrogens (primary N) is 1. The fourth-order valence-corrected chi connectivity index (χ4v) is 9.74. The molecule has 0 bridgehead atoms. The van der Waals surface area contributed by atoms with Crippen molar-refractivity contribution >= 4 is 90.8 Å². The monoisotopic (exact) mass is 693 g/mol. The first kappa shape index (κ1) is 30.1. The maximum atomic E-state index is 6.85. The molecule has 51 heavy (non-hydrogen) atoms. The molecule has 0 saturated heterocycles. The van der Waals surface area contributed by atoms with Crippen LogP contribution >= 0.6 is 22.7 Å². The van der Waals surface area contributed by atoms with Gasteiger partial charge in [-0.3, -0.25) is 5.32 Å². The van der Waals surface area contributed by atoms with Crippen molar-refractivity contribution in [1.82, 2.24) is 5.32 Å². The van der Waals surface area contributed by atoms with Crippen molar-refractivity contribution in [2.24, 2.45) is 10.7 Å². The Morgan fingerprint density at radius 3 is 2.02 bits per heavy atom. The van der Waals surface area contributed by atoms with E-state index in [1.165, 1.54) is 45.9 Å². The number of nitrogens with zero attached hydrogens (tertiary/aromatic N) is 1. The number of aliphatic imine (C=N–C) groups is 1. The third-order valence-corrected chi connectivity index (χ3v) is 12.2. The van der Waals surface area contributed by atoms with Crippen LogP contribution < -0.4 is 11.1 Å². The highest BCUT2D eigenvalue weighted by Gasteiger charge is 2.19. The van der Waals surface area contributed by atoms with Gasteiger partial charge in [0.25, 0.3) is 0 Å². The maximum Gasteiger partial charge on any atom is 0.143 e. The van der Waals surface area contributed by atoms with E-state index in [0.717, 1.165) is 44.2 Å². The number of furan rings is 1. The predicted octanol–water partition coefficient (Wildman–Crippen LogP) is 12.2. The molecule has 0 aliphatic carbocycles. The Morgan fingerprint density at radius 1 is 0.569 bits per heavy atom. The zero-order valence-corrected chi connectivity index (χ0v) is 29.1. The van der Waals surface area contributed by atoms with Crippen molar-refractivity contribution in [3.8, 4) is 11.1 Å². The summed E-state index contributed by atoms with van der Waals surface area (Å²) in [6.07, 6.45) is -0.356. The molecule has 244 valence electrons. The van der Waals surface area contributed by atoms with Gasteiger partial charge >= 0.3 is 0 Å². The fraction of sp³-hybridized carbons (Fsp3) is 0.0444. The van der Waals surface area contributed by atoms with Gasteiger partial charge in [0.1, 0.15) is 23.2 Å². The van der Waals surface area contributed by atoms with Gasteiger partial charge in [-0.05, 0) is 23.8 Å². The van der Waals surface area contributed by atoms with Crippen LogP contribution in [-0.4, -0.2) is 5.84 Å². The number of thiophene rings is 2. The predicted molar refractivity (Wildman–Crippen MR) is 218 cm³/mol. The molecule has 0 aliphatic rings. The lowest BCUT2D eigenvalue weighted by Gasteiger charge is -2.17. The number of hydrogen-bond acceptors (Lipinski definition) is 5. The van der Waals surface area contributed by atoms with Crippen molar-refractivity contribution < 1.29 is 4.42 Å². The standard InChI is InChI=1S/C45H31N3OS2/c46-44(28-23-24-32-30-14-4-6-21-38(30)50-40(32)25-28)48-45(27-11-2-1-3-12-27)47-26-29-13-8-16-33-34-17-9-18-35(42(34)49-41(29)33)37-20-10-19-36-31-15-5-7-22-39(31)51-43(36)37/h1-25,45,47H,26H2,(H2,46,48). The zero-order valence-electron chi connectivity index (χ0n) is 27.5. The smallest absolute Gasteiger partial charge is 0.143 e. The van der Waals surface area contributed by atoms with E-state index in [9.17, 15) is 0 Å². The summed E-state index contributed by atoms with van der Waals surface area (Å²) in [5, 5.41) is 11.0. The summed E-state index contributed by atoms with van der Waals surface area (Å²) in [6, 6.07) is 53.3. The van der Waals surface area contributed by atoms with Gasteiger partial charge in [-0.25, -0.2) is 4.99 Å². The second-order valence-corrected chi connectivity index (χ2v) is 15.0. The molecule has 0 fully saturated rings. The van der Waals surface area contributed by atoms with Crippen LogP contribution in [0.1, 0.15) is 22.9 Å². The van der Waals surface area contributed by atoms with E-state index in [4.69, 9.17) is 15.1 Å². The number of benzene rings is 7. The molecule has 0 saturated carbocycles. The van der Waals surface area contributed by atoms with Gasteiger partial charge in [-0.1, -0.05) is 133 Å². The van der Waals surface area contributed by atoms with Crippen LogP contribution in [0.3, 0.4) is 0 Å². The normalized spacial score (nSPS) is 13.0. The lowest BCUT2D eigenvalue weighted by Crippen LogP contribution is -2.24. The van der Waals surface area contributed by atoms with Crippen LogP contribution in [0.2, 0.25) is 0 Å². The van der Waals surface area contributed by atoms with Gasteiger partial charge in [0.2, 0.25) is 0 Å². The number of para-hydroxylation sites is 2. The zero-order chi connectivity index (χ0) is 33.9. The minimum absolute atomic E-state index is 0.356. The van der Waals surface area contributed by atoms with Crippen molar-refractivity contribution in [3.05, 3.63) is 168 Å². The van der Waals surface area contributed by atoms with Crippen LogP contribution in [0.25, 0.3) is 73.4 Å². The molecule has 4 nitrogen and oxygen atoms in total. The van der Waals surface area contributed by atoms with Gasteiger partial charge in [-0.15, -0.1) is 22.7 Å². The van der Waals surface area contributed by atoms with Crippen LogP contribution in [0.15, 0.2) is 161 Å². The molecular formula is C45H31N3OS2. The second kappa shape index (κ2) is 12.2. The van der Waals surface area contributed by atoms with Gasteiger partial charge in [0, 0.05) is 79.9 Å². The molecule has 0 aliphatic heterocycles. The first-order valence-electron chi connectivity index (χ1n) is 17.1. The SMILES string of the molecule is NC(=NC(NCc1cccc2c1oc1c(-c3cccc4c3sc3ccccc34)cccc12)c1ccccc1)c1ccc2c(c1)sc1ccccc12. The molecule has 0 amide bonds. The van der Waals surface area contributed by atoms with Gasteiger partial charge in [-0.2, -0.15) is 0 Å². The molecule has 6 heteroatoms. The third-order valence-electron chi connectivity index (χ3n) is 9.84. The van der Waals surface area contributed by atoms with Crippen LogP contribution in [0.5, 0.6) is 0 Å². The van der Waals surface area contributed by atoms with E-state index in [2.05, 4.69) is 139 Å². The molecular weight excluding hydrogens is 663 g/mol. The fourth-order valence-electron chi connectivity index (χ4n) is 7.37. The molecule has 10 rings (SSSR count). The molecule has 7 aromatic carbocycles. The Bertz CT molecular complexity index is 2950. The Balaban J connectivity index is 1.02. The Morgan fingerprint density at radius 2 is 1.20 bits per heavy atom. The molecule has 1 atom stereocenters. The summed E-state index contributed by atoms with van der Waals surface area (Å²) in [5.41, 5.74) is 13.9. The summed E-state index contributed by atoms with van der Waals surface area (Å²) >= 11 is 3.62. The van der Waals surface area contributed by atoms with Crippen molar-refractivity contribution in [3.63, 3.8) is 0 Å². The summed E-state index contributed by atoms with van der Waals surface area (Å²) < 4.78 is 11.9. The molecule has 1 unspecified atom stereocenters. The van der Waals surface area contributed by atoms with Gasteiger partial charge in [0.15, 0.2) is 0 Å². The average molecular weight is 694 g/mol. The molecule has 3 aromatic heterocycles. The van der Waals surface area contributed by atoms with Crippen molar-refractivity contribution in [1.29, 1.82) is 0 Å². The van der Waals surface area contributed by atoms with Crippen LogP contribution in [0, 0.1) is 0 Å². The van der Waals surface area contributed by atoms with E-state index < -0.39 is 0 Å².